The van der Waals surface area contributed by atoms with Gasteiger partial charge in [-0.2, -0.15) is 5.10 Å². The van der Waals surface area contributed by atoms with Gasteiger partial charge in [0.2, 0.25) is 0 Å². The van der Waals surface area contributed by atoms with Crippen molar-refractivity contribution in [2.75, 3.05) is 0 Å². The molecule has 1 aliphatic heterocycles. The van der Waals surface area contributed by atoms with Gasteiger partial charge in [-0.1, -0.05) is 18.2 Å². The molecule has 0 saturated heterocycles. The third-order valence-corrected chi connectivity index (χ3v) is 3.38. The van der Waals surface area contributed by atoms with Crippen molar-refractivity contribution < 1.29 is 9.00 Å². The predicted octanol–water partition coefficient (Wildman–Crippen LogP) is 0.628. The first-order valence-electron chi connectivity index (χ1n) is 4.63. The maximum absolute atomic E-state index is 11.6. The van der Waals surface area contributed by atoms with Crippen LogP contribution in [-0.2, 0) is 15.8 Å². The van der Waals surface area contributed by atoms with E-state index in [1.165, 1.54) is 10.8 Å². The monoisotopic (exact) mass is 233 g/mol. The van der Waals surface area contributed by atoms with Gasteiger partial charge < -0.3 is 0 Å². The molecule has 1 amide bonds. The van der Waals surface area contributed by atoms with Gasteiger partial charge in [0.15, 0.2) is 16.0 Å². The normalized spacial score (nSPS) is 19.9. The van der Waals surface area contributed by atoms with Crippen molar-refractivity contribution in [1.29, 1.82) is 0 Å². The Morgan fingerprint density at radius 1 is 1.31 bits per heavy atom. The van der Waals surface area contributed by atoms with Crippen LogP contribution >= 0.6 is 0 Å². The second-order valence-electron chi connectivity index (χ2n) is 3.33. The molecule has 1 N–H and O–H groups in total. The maximum Gasteiger partial charge on any atom is 0.258 e. The Labute approximate surface area is 93.3 Å². The summed E-state index contributed by atoms with van der Waals surface area (Å²) in [6.07, 6.45) is 2.98. The number of nitrogens with zero attached hydrogens (tertiary/aromatic N) is 2. The van der Waals surface area contributed by atoms with Crippen molar-refractivity contribution in [1.82, 2.24) is 14.5 Å². The fourth-order valence-corrected chi connectivity index (χ4v) is 2.49. The molecule has 80 valence electrons. The van der Waals surface area contributed by atoms with E-state index in [4.69, 9.17) is 0 Å². The van der Waals surface area contributed by atoms with Crippen molar-refractivity contribution in [3.8, 4) is 0 Å². The Morgan fingerprint density at radius 3 is 2.88 bits per heavy atom. The number of carbonyl (C=O) groups excluding carboxylic acids is 1. The number of benzene rings is 1. The molecule has 0 saturated carbocycles. The molecular formula is C10H7N3O2S. The number of carbonyl (C=O) groups is 1. The fourth-order valence-electron chi connectivity index (χ4n) is 1.63. The molecule has 0 radical (unpaired) electrons. The summed E-state index contributed by atoms with van der Waals surface area (Å²) in [5, 5.41) is 5.44. The fraction of sp³-hybridized carbons (Fsp3) is 0. The second-order valence-corrected chi connectivity index (χ2v) is 4.49. The second kappa shape index (κ2) is 3.28. The molecule has 1 aromatic heterocycles. The molecule has 6 heteroatoms. The van der Waals surface area contributed by atoms with Crippen molar-refractivity contribution in [2.24, 2.45) is 0 Å². The minimum atomic E-state index is -1.51. The minimum absolute atomic E-state index is 0.354. The molecular weight excluding hydrogens is 226 g/mol. The zero-order valence-electron chi connectivity index (χ0n) is 8.08. The van der Waals surface area contributed by atoms with Crippen LogP contribution < -0.4 is 4.72 Å². The van der Waals surface area contributed by atoms with E-state index in [0.717, 1.165) is 10.9 Å². The van der Waals surface area contributed by atoms with Crippen LogP contribution in [0.5, 0.6) is 0 Å². The molecule has 1 aromatic carbocycles. The Kier molecular flexibility index (Phi) is 1.90. The molecule has 0 fully saturated rings. The van der Waals surface area contributed by atoms with Gasteiger partial charge in [0, 0.05) is 11.5 Å². The Hall–Kier alpha value is -1.95. The van der Waals surface area contributed by atoms with Gasteiger partial charge in [0.25, 0.3) is 5.91 Å². The SMILES string of the molecule is O=C1C=C(n2ncc3ccccc32)S(=O)N1. The molecule has 3 rings (SSSR count). The highest BCUT2D eigenvalue weighted by Gasteiger charge is 2.22. The largest absolute Gasteiger partial charge is 0.269 e. The van der Waals surface area contributed by atoms with Gasteiger partial charge >= 0.3 is 0 Å². The van der Waals surface area contributed by atoms with Crippen molar-refractivity contribution in [3.05, 3.63) is 36.5 Å². The van der Waals surface area contributed by atoms with Crippen LogP contribution in [0.1, 0.15) is 0 Å². The summed E-state index contributed by atoms with van der Waals surface area (Å²) in [5.74, 6) is -0.354. The molecule has 1 unspecified atom stereocenters. The lowest BCUT2D eigenvalue weighted by molar-refractivity contribution is -0.114. The van der Waals surface area contributed by atoms with Gasteiger partial charge in [-0.05, 0) is 6.07 Å². The Morgan fingerprint density at radius 2 is 2.12 bits per heavy atom. The van der Waals surface area contributed by atoms with Crippen LogP contribution in [-0.4, -0.2) is 19.9 Å². The summed E-state index contributed by atoms with van der Waals surface area (Å²) in [7, 11) is -1.51. The number of fused-ring (bicyclic) bond motifs is 1. The van der Waals surface area contributed by atoms with E-state index in [1.807, 2.05) is 24.3 Å². The average molecular weight is 233 g/mol. The van der Waals surface area contributed by atoms with Crippen LogP contribution in [0.15, 0.2) is 36.5 Å². The lowest BCUT2D eigenvalue weighted by atomic mass is 10.3. The Balaban J connectivity index is 2.24. The number of hydrogen-bond donors (Lipinski definition) is 1. The van der Waals surface area contributed by atoms with E-state index < -0.39 is 11.0 Å². The van der Waals surface area contributed by atoms with Crippen molar-refractivity contribution >= 4 is 32.8 Å². The first-order chi connectivity index (χ1) is 7.75. The number of amides is 1. The summed E-state index contributed by atoms with van der Waals surface area (Å²) in [6, 6.07) is 7.54. The zero-order valence-corrected chi connectivity index (χ0v) is 8.90. The molecule has 2 aromatic rings. The quantitative estimate of drug-likeness (QED) is 0.785. The molecule has 2 heterocycles. The lowest BCUT2D eigenvalue weighted by Crippen LogP contribution is -2.17. The number of hydrogen-bond acceptors (Lipinski definition) is 3. The van der Waals surface area contributed by atoms with E-state index in [2.05, 4.69) is 9.82 Å². The van der Waals surface area contributed by atoms with Crippen LogP contribution in [0.25, 0.3) is 15.9 Å². The third-order valence-electron chi connectivity index (χ3n) is 2.32. The molecule has 0 spiro atoms. The van der Waals surface area contributed by atoms with Gasteiger partial charge in [0.05, 0.1) is 11.7 Å². The first kappa shape index (κ1) is 9.29. The topological polar surface area (TPSA) is 64.0 Å². The summed E-state index contributed by atoms with van der Waals surface area (Å²) >= 11 is 0. The zero-order chi connectivity index (χ0) is 11.1. The highest BCUT2D eigenvalue weighted by Crippen LogP contribution is 2.20. The van der Waals surface area contributed by atoms with Crippen molar-refractivity contribution in [2.45, 2.75) is 0 Å². The summed E-state index contributed by atoms with van der Waals surface area (Å²) < 4.78 is 15.4. The highest BCUT2D eigenvalue weighted by molar-refractivity contribution is 7.93. The van der Waals surface area contributed by atoms with E-state index in [1.54, 1.807) is 6.20 Å². The minimum Gasteiger partial charge on any atom is -0.269 e. The lowest BCUT2D eigenvalue weighted by Gasteiger charge is -2.01. The average Bonchev–Trinajstić information content (AvgIpc) is 2.81. The molecule has 0 aliphatic carbocycles. The van der Waals surface area contributed by atoms with Crippen LogP contribution in [0.2, 0.25) is 0 Å². The van der Waals surface area contributed by atoms with Crippen LogP contribution in [0, 0.1) is 0 Å². The summed E-state index contributed by atoms with van der Waals surface area (Å²) in [4.78, 5) is 11.1. The maximum atomic E-state index is 11.6. The predicted molar refractivity (Wildman–Crippen MR) is 60.3 cm³/mol. The smallest absolute Gasteiger partial charge is 0.258 e. The summed E-state index contributed by atoms with van der Waals surface area (Å²) in [6.45, 7) is 0. The van der Waals surface area contributed by atoms with Crippen molar-refractivity contribution in [3.63, 3.8) is 0 Å². The van der Waals surface area contributed by atoms with E-state index in [0.29, 0.717) is 5.03 Å². The Bertz CT molecular complexity index is 644. The van der Waals surface area contributed by atoms with E-state index >= 15 is 0 Å². The van der Waals surface area contributed by atoms with Crippen LogP contribution in [0.3, 0.4) is 0 Å². The summed E-state index contributed by atoms with van der Waals surface area (Å²) in [5.41, 5.74) is 0.832. The molecule has 5 nitrogen and oxygen atoms in total. The van der Waals surface area contributed by atoms with E-state index in [-0.39, 0.29) is 5.91 Å². The number of aromatic nitrogens is 2. The first-order valence-corrected chi connectivity index (χ1v) is 5.78. The molecule has 0 bridgehead atoms. The molecule has 16 heavy (non-hydrogen) atoms. The molecule has 1 aliphatic rings. The third kappa shape index (κ3) is 1.27. The number of nitrogens with one attached hydrogen (secondary N) is 1. The number of para-hydroxylation sites is 1. The van der Waals surface area contributed by atoms with Gasteiger partial charge in [-0.3, -0.25) is 9.52 Å². The van der Waals surface area contributed by atoms with E-state index in [9.17, 15) is 9.00 Å². The van der Waals surface area contributed by atoms with Crippen LogP contribution in [0.4, 0.5) is 0 Å². The highest BCUT2D eigenvalue weighted by atomic mass is 32.2. The standard InChI is InChI=1S/C10H7N3O2S/c14-9-5-10(16(15)12-9)13-8-4-2-1-3-7(8)6-11-13/h1-6H,(H,12,14). The molecule has 1 atom stereocenters. The number of rotatable bonds is 1. The van der Waals surface area contributed by atoms with Gasteiger partial charge in [0.1, 0.15) is 0 Å². The van der Waals surface area contributed by atoms with Gasteiger partial charge in [-0.15, -0.1) is 0 Å². The van der Waals surface area contributed by atoms with Gasteiger partial charge in [-0.25, -0.2) is 8.89 Å².